The average Bonchev–Trinajstić information content (AvgIpc) is 2.86. The molecule has 1 aliphatic heterocycles. The van der Waals surface area contributed by atoms with E-state index >= 15 is 0 Å². The minimum absolute atomic E-state index is 0.246. The molecule has 4 rings (SSSR count). The second-order valence-corrected chi connectivity index (χ2v) is 8.82. The zero-order valence-electron chi connectivity index (χ0n) is 19.5. The number of benzene rings is 2. The Kier molecular flexibility index (Phi) is 6.65. The maximum atomic E-state index is 12.7. The van der Waals surface area contributed by atoms with Gasteiger partial charge in [-0.15, -0.1) is 0 Å². The standard InChI is InChI=1S/C28H28N4O2/c1-18-14-19(2)26(31-28(34)24-8-9-27(33)30-17-24)15-25(18)20(3)32-12-10-23(11-13-32)22-6-4-21(16-29)5-7-22/h4-9,14-15,17,23H,3,10-13H2,1-2H3,(H,30,33)(H,31,34). The summed E-state index contributed by atoms with van der Waals surface area (Å²) in [5, 5.41) is 12.0. The minimum atomic E-state index is -0.275. The highest BCUT2D eigenvalue weighted by Gasteiger charge is 2.23. The predicted octanol–water partition coefficient (Wildman–Crippen LogP) is 4.97. The van der Waals surface area contributed by atoms with Crippen LogP contribution in [0.1, 0.15) is 56.9 Å². The quantitative estimate of drug-likeness (QED) is 0.572. The van der Waals surface area contributed by atoms with Gasteiger partial charge >= 0.3 is 0 Å². The lowest BCUT2D eigenvalue weighted by Gasteiger charge is -2.35. The zero-order valence-corrected chi connectivity index (χ0v) is 19.5. The fourth-order valence-corrected chi connectivity index (χ4v) is 4.53. The van der Waals surface area contributed by atoms with Gasteiger partial charge in [0.25, 0.3) is 5.91 Å². The molecule has 2 heterocycles. The highest BCUT2D eigenvalue weighted by molar-refractivity contribution is 6.04. The van der Waals surface area contributed by atoms with Gasteiger partial charge in [0.1, 0.15) is 0 Å². The van der Waals surface area contributed by atoms with Crippen LogP contribution < -0.4 is 10.9 Å². The number of carbonyl (C=O) groups is 1. The number of nitrogens with one attached hydrogen (secondary N) is 2. The summed E-state index contributed by atoms with van der Waals surface area (Å²) in [6, 6.07) is 17.0. The Bertz CT molecular complexity index is 1300. The van der Waals surface area contributed by atoms with Crippen LogP contribution in [0.5, 0.6) is 0 Å². The van der Waals surface area contributed by atoms with Gasteiger partial charge in [0.05, 0.1) is 17.2 Å². The van der Waals surface area contributed by atoms with E-state index in [1.165, 1.54) is 23.9 Å². The van der Waals surface area contributed by atoms with Crippen LogP contribution in [0.25, 0.3) is 5.70 Å². The van der Waals surface area contributed by atoms with Crippen LogP contribution in [0.3, 0.4) is 0 Å². The maximum absolute atomic E-state index is 12.7. The van der Waals surface area contributed by atoms with Crippen molar-refractivity contribution in [3.8, 4) is 6.07 Å². The molecule has 0 spiro atoms. The van der Waals surface area contributed by atoms with Gasteiger partial charge in [-0.3, -0.25) is 9.59 Å². The molecule has 172 valence electrons. The molecular weight excluding hydrogens is 424 g/mol. The van der Waals surface area contributed by atoms with Crippen molar-refractivity contribution in [3.63, 3.8) is 0 Å². The van der Waals surface area contributed by atoms with E-state index in [2.05, 4.69) is 53.0 Å². The maximum Gasteiger partial charge on any atom is 0.257 e. The first-order chi connectivity index (χ1) is 16.4. The number of pyridine rings is 1. The molecule has 6 heteroatoms. The third-order valence-electron chi connectivity index (χ3n) is 6.56. The first-order valence-electron chi connectivity index (χ1n) is 11.4. The topological polar surface area (TPSA) is 89.0 Å². The molecule has 1 aliphatic rings. The molecule has 0 atom stereocenters. The highest BCUT2D eigenvalue weighted by Crippen LogP contribution is 2.33. The Balaban J connectivity index is 1.46. The van der Waals surface area contributed by atoms with Crippen molar-refractivity contribution in [2.45, 2.75) is 32.6 Å². The second-order valence-electron chi connectivity index (χ2n) is 8.82. The van der Waals surface area contributed by atoms with Gasteiger partial charge in [0.2, 0.25) is 5.56 Å². The number of likely N-dealkylation sites (tertiary alicyclic amines) is 1. The molecule has 0 aliphatic carbocycles. The van der Waals surface area contributed by atoms with Crippen LogP contribution in [0, 0.1) is 25.2 Å². The van der Waals surface area contributed by atoms with Crippen molar-refractivity contribution in [2.75, 3.05) is 18.4 Å². The number of H-pyrrole nitrogens is 1. The summed E-state index contributed by atoms with van der Waals surface area (Å²) in [5.41, 5.74) is 6.88. The van der Waals surface area contributed by atoms with E-state index in [0.717, 1.165) is 54.0 Å². The lowest BCUT2D eigenvalue weighted by atomic mass is 9.88. The summed E-state index contributed by atoms with van der Waals surface area (Å²) in [5.74, 6) is 0.200. The Labute approximate surface area is 199 Å². The van der Waals surface area contributed by atoms with Crippen molar-refractivity contribution in [3.05, 3.63) is 105 Å². The molecule has 1 aromatic heterocycles. The summed E-state index contributed by atoms with van der Waals surface area (Å²) in [6.07, 6.45) is 3.45. The molecule has 6 nitrogen and oxygen atoms in total. The van der Waals surface area contributed by atoms with E-state index in [0.29, 0.717) is 17.0 Å². The molecule has 0 saturated carbocycles. The van der Waals surface area contributed by atoms with E-state index in [-0.39, 0.29) is 11.5 Å². The number of hydrogen-bond acceptors (Lipinski definition) is 4. The van der Waals surface area contributed by atoms with Crippen LogP contribution in [0.15, 0.2) is 66.1 Å². The summed E-state index contributed by atoms with van der Waals surface area (Å²) in [6.45, 7) is 10.2. The van der Waals surface area contributed by atoms with Crippen molar-refractivity contribution in [1.82, 2.24) is 9.88 Å². The monoisotopic (exact) mass is 452 g/mol. The number of aryl methyl sites for hydroxylation is 2. The van der Waals surface area contributed by atoms with Gasteiger partial charge in [-0.05, 0) is 73.6 Å². The van der Waals surface area contributed by atoms with Crippen molar-refractivity contribution < 1.29 is 4.79 Å². The number of carbonyl (C=O) groups excluding carboxylic acids is 1. The number of amides is 1. The lowest BCUT2D eigenvalue weighted by Crippen LogP contribution is -2.31. The predicted molar refractivity (Wildman–Crippen MR) is 135 cm³/mol. The fourth-order valence-electron chi connectivity index (χ4n) is 4.53. The summed E-state index contributed by atoms with van der Waals surface area (Å²) in [7, 11) is 0. The summed E-state index contributed by atoms with van der Waals surface area (Å²) in [4.78, 5) is 28.8. The third kappa shape index (κ3) is 4.94. The first-order valence-corrected chi connectivity index (χ1v) is 11.4. The van der Waals surface area contributed by atoms with E-state index in [9.17, 15) is 9.59 Å². The van der Waals surface area contributed by atoms with Crippen molar-refractivity contribution in [1.29, 1.82) is 5.26 Å². The Morgan fingerprint density at radius 1 is 1.09 bits per heavy atom. The number of rotatable bonds is 5. The van der Waals surface area contributed by atoms with Gasteiger partial charge in [-0.25, -0.2) is 0 Å². The smallest absolute Gasteiger partial charge is 0.257 e. The molecule has 0 bridgehead atoms. The molecule has 34 heavy (non-hydrogen) atoms. The van der Waals surface area contributed by atoms with Crippen LogP contribution >= 0.6 is 0 Å². The number of nitriles is 1. The van der Waals surface area contributed by atoms with Crippen LogP contribution in [0.2, 0.25) is 0 Å². The number of aromatic amines is 1. The molecular formula is C28H28N4O2. The molecule has 2 aromatic carbocycles. The summed E-state index contributed by atoms with van der Waals surface area (Å²) >= 11 is 0. The number of anilines is 1. The van der Waals surface area contributed by atoms with Crippen LogP contribution in [0.4, 0.5) is 5.69 Å². The fraction of sp³-hybridized carbons (Fsp3) is 0.250. The van der Waals surface area contributed by atoms with Crippen molar-refractivity contribution in [2.24, 2.45) is 0 Å². The van der Waals surface area contributed by atoms with Crippen LogP contribution in [-0.4, -0.2) is 28.9 Å². The normalized spacial score (nSPS) is 13.9. The number of piperidine rings is 1. The minimum Gasteiger partial charge on any atom is -0.371 e. The van der Waals surface area contributed by atoms with E-state index < -0.39 is 0 Å². The van der Waals surface area contributed by atoms with Gasteiger partial charge in [0.15, 0.2) is 0 Å². The molecule has 1 fully saturated rings. The van der Waals surface area contributed by atoms with Gasteiger partial charge in [-0.2, -0.15) is 5.26 Å². The molecule has 1 saturated heterocycles. The SMILES string of the molecule is C=C(c1cc(NC(=O)c2ccc(=O)[nH]c2)c(C)cc1C)N1CCC(c2ccc(C#N)cc2)CC1. The molecule has 1 amide bonds. The summed E-state index contributed by atoms with van der Waals surface area (Å²) < 4.78 is 0. The molecule has 0 unspecified atom stereocenters. The largest absolute Gasteiger partial charge is 0.371 e. The van der Waals surface area contributed by atoms with E-state index in [1.807, 2.05) is 25.1 Å². The Morgan fingerprint density at radius 2 is 1.79 bits per heavy atom. The third-order valence-corrected chi connectivity index (χ3v) is 6.56. The number of hydrogen-bond donors (Lipinski definition) is 2. The Morgan fingerprint density at radius 3 is 2.41 bits per heavy atom. The van der Waals surface area contributed by atoms with Crippen LogP contribution in [-0.2, 0) is 0 Å². The first kappa shape index (κ1) is 23.1. The van der Waals surface area contributed by atoms with Gasteiger partial charge in [-0.1, -0.05) is 24.8 Å². The number of nitrogens with zero attached hydrogens (tertiary/aromatic N) is 2. The zero-order chi connectivity index (χ0) is 24.2. The molecule has 0 radical (unpaired) electrons. The van der Waals surface area contributed by atoms with Crippen molar-refractivity contribution >= 4 is 17.3 Å². The van der Waals surface area contributed by atoms with Gasteiger partial charge < -0.3 is 15.2 Å². The lowest BCUT2D eigenvalue weighted by molar-refractivity contribution is 0.102. The van der Waals surface area contributed by atoms with Gasteiger partial charge in [0, 0.05) is 42.3 Å². The van der Waals surface area contributed by atoms with E-state index in [1.54, 1.807) is 0 Å². The Hall–Kier alpha value is -4.11. The number of aromatic nitrogens is 1. The average molecular weight is 453 g/mol. The molecule has 2 N–H and O–H groups in total. The highest BCUT2D eigenvalue weighted by atomic mass is 16.1. The van der Waals surface area contributed by atoms with E-state index in [4.69, 9.17) is 5.26 Å². The molecule has 3 aromatic rings. The second kappa shape index (κ2) is 9.80.